The van der Waals surface area contributed by atoms with E-state index in [0.29, 0.717) is 12.2 Å². The molecule has 1 aliphatic heterocycles. The lowest BCUT2D eigenvalue weighted by Crippen LogP contribution is -2.43. The maximum Gasteiger partial charge on any atom is 0.229 e. The summed E-state index contributed by atoms with van der Waals surface area (Å²) in [7, 11) is -3.33. The summed E-state index contributed by atoms with van der Waals surface area (Å²) in [6.07, 6.45) is 4.37. The highest BCUT2D eigenvalue weighted by Crippen LogP contribution is 2.22. The Bertz CT molecular complexity index is 985. The summed E-state index contributed by atoms with van der Waals surface area (Å²) in [5.74, 6) is 0.838. The molecule has 0 saturated carbocycles. The van der Waals surface area contributed by atoms with Crippen LogP contribution in [0.3, 0.4) is 0 Å². The number of hydrogen-bond acceptors (Lipinski definition) is 3. The highest BCUT2D eigenvalue weighted by atomic mass is 32.2. The fourth-order valence-electron chi connectivity index (χ4n) is 3.32. The molecule has 2 N–H and O–H groups in total. The molecule has 2 aromatic carbocycles. The van der Waals surface area contributed by atoms with Crippen molar-refractivity contribution in [2.45, 2.75) is 19.9 Å². The van der Waals surface area contributed by atoms with Crippen molar-refractivity contribution in [3.63, 3.8) is 0 Å². The number of rotatable bonds is 6. The quantitative estimate of drug-likeness (QED) is 0.564. The second kappa shape index (κ2) is 9.60. The number of anilines is 1. The first-order valence-corrected chi connectivity index (χ1v) is 11.7. The molecule has 0 unspecified atom stereocenters. The third kappa shape index (κ3) is 6.09. The van der Waals surface area contributed by atoms with Crippen molar-refractivity contribution in [3.8, 4) is 0 Å². The van der Waals surface area contributed by atoms with Crippen LogP contribution >= 0.6 is 0 Å². The lowest BCUT2D eigenvalue weighted by atomic mass is 10.00. The van der Waals surface area contributed by atoms with E-state index in [9.17, 15) is 8.42 Å². The van der Waals surface area contributed by atoms with Gasteiger partial charge in [0.05, 0.1) is 18.5 Å². The van der Waals surface area contributed by atoms with Crippen molar-refractivity contribution >= 4 is 27.2 Å². The standard InChI is InChI=1S/C22H28N4O2S/c1-3-23-22(24-17-20-11-7-8-12-21(20)25-29(2,27)28)26-15-13-19(14-16-26)18-9-5-4-6-10-18/h4-13,25H,3,14-17H2,1-2H3,(H,23,24). The molecule has 0 bridgehead atoms. The molecule has 0 fully saturated rings. The molecule has 0 atom stereocenters. The molecule has 6 nitrogen and oxygen atoms in total. The van der Waals surface area contributed by atoms with Crippen LogP contribution in [0.1, 0.15) is 24.5 Å². The summed E-state index contributed by atoms with van der Waals surface area (Å²) in [4.78, 5) is 6.99. The van der Waals surface area contributed by atoms with E-state index >= 15 is 0 Å². The molecular formula is C22H28N4O2S. The predicted molar refractivity (Wildman–Crippen MR) is 120 cm³/mol. The zero-order valence-corrected chi connectivity index (χ0v) is 17.7. The van der Waals surface area contributed by atoms with E-state index in [1.165, 1.54) is 11.1 Å². The minimum absolute atomic E-state index is 0.396. The average molecular weight is 413 g/mol. The van der Waals surface area contributed by atoms with Gasteiger partial charge in [0.1, 0.15) is 0 Å². The fourth-order valence-corrected chi connectivity index (χ4v) is 3.92. The summed E-state index contributed by atoms with van der Waals surface area (Å²) >= 11 is 0. The lowest BCUT2D eigenvalue weighted by Gasteiger charge is -2.30. The van der Waals surface area contributed by atoms with Gasteiger partial charge in [0.15, 0.2) is 5.96 Å². The van der Waals surface area contributed by atoms with Crippen LogP contribution in [-0.4, -0.2) is 45.2 Å². The van der Waals surface area contributed by atoms with Gasteiger partial charge in [0.25, 0.3) is 0 Å². The van der Waals surface area contributed by atoms with Crippen molar-refractivity contribution < 1.29 is 8.42 Å². The van der Waals surface area contributed by atoms with Gasteiger partial charge < -0.3 is 10.2 Å². The number of hydrogen-bond donors (Lipinski definition) is 2. The van der Waals surface area contributed by atoms with Crippen LogP contribution in [-0.2, 0) is 16.6 Å². The molecule has 1 aliphatic rings. The molecule has 0 saturated heterocycles. The maximum absolute atomic E-state index is 11.6. The van der Waals surface area contributed by atoms with Gasteiger partial charge in [-0.15, -0.1) is 0 Å². The van der Waals surface area contributed by atoms with Crippen LogP contribution in [0.2, 0.25) is 0 Å². The van der Waals surface area contributed by atoms with Gasteiger partial charge in [0.2, 0.25) is 10.0 Å². The number of aliphatic imine (C=N–C) groups is 1. The third-order valence-corrected chi connectivity index (χ3v) is 5.29. The molecule has 0 aliphatic carbocycles. The van der Waals surface area contributed by atoms with Crippen LogP contribution in [0.25, 0.3) is 5.57 Å². The SMILES string of the molecule is CCNC(=NCc1ccccc1NS(C)(=O)=O)N1CC=C(c2ccccc2)CC1. The van der Waals surface area contributed by atoms with Gasteiger partial charge in [-0.25, -0.2) is 13.4 Å². The Kier molecular flexibility index (Phi) is 6.93. The highest BCUT2D eigenvalue weighted by molar-refractivity contribution is 7.92. The second-order valence-electron chi connectivity index (χ2n) is 6.99. The molecule has 0 amide bonds. The summed E-state index contributed by atoms with van der Waals surface area (Å²) in [5.41, 5.74) is 4.04. The number of guanidine groups is 1. The van der Waals surface area contributed by atoms with E-state index in [1.807, 2.05) is 31.2 Å². The number of sulfonamides is 1. The fraction of sp³-hybridized carbons (Fsp3) is 0.318. The molecule has 2 aromatic rings. The first kappa shape index (κ1) is 20.9. The lowest BCUT2D eigenvalue weighted by molar-refractivity contribution is 0.440. The van der Waals surface area contributed by atoms with Crippen LogP contribution in [0, 0.1) is 0 Å². The first-order valence-electron chi connectivity index (χ1n) is 9.79. The van der Waals surface area contributed by atoms with Crippen molar-refractivity contribution in [1.82, 2.24) is 10.2 Å². The Morgan fingerprint density at radius 2 is 1.83 bits per heavy atom. The Labute approximate surface area is 173 Å². The van der Waals surface area contributed by atoms with Gasteiger partial charge in [-0.05, 0) is 36.1 Å². The topological polar surface area (TPSA) is 73.8 Å². The molecule has 29 heavy (non-hydrogen) atoms. The van der Waals surface area contributed by atoms with E-state index in [4.69, 9.17) is 4.99 Å². The number of benzene rings is 2. The van der Waals surface area contributed by atoms with Gasteiger partial charge in [0, 0.05) is 19.6 Å². The van der Waals surface area contributed by atoms with Crippen LogP contribution < -0.4 is 10.0 Å². The third-order valence-electron chi connectivity index (χ3n) is 4.70. The number of nitrogens with zero attached hydrogens (tertiary/aromatic N) is 2. The molecule has 154 valence electrons. The minimum atomic E-state index is -3.33. The first-order chi connectivity index (χ1) is 14.0. The van der Waals surface area contributed by atoms with Crippen molar-refractivity contribution in [1.29, 1.82) is 0 Å². The van der Waals surface area contributed by atoms with E-state index in [1.54, 1.807) is 6.07 Å². The Balaban J connectivity index is 1.74. The molecular weight excluding hydrogens is 384 g/mol. The van der Waals surface area contributed by atoms with Crippen molar-refractivity contribution in [2.24, 2.45) is 4.99 Å². The highest BCUT2D eigenvalue weighted by Gasteiger charge is 2.16. The Hall–Kier alpha value is -2.80. The van der Waals surface area contributed by atoms with Crippen molar-refractivity contribution in [3.05, 3.63) is 71.8 Å². The van der Waals surface area contributed by atoms with E-state index in [0.717, 1.165) is 43.8 Å². The van der Waals surface area contributed by atoms with Gasteiger partial charge in [-0.3, -0.25) is 4.72 Å². The molecule has 3 rings (SSSR count). The second-order valence-corrected chi connectivity index (χ2v) is 8.74. The molecule has 0 aromatic heterocycles. The van der Waals surface area contributed by atoms with Crippen LogP contribution in [0.4, 0.5) is 5.69 Å². The van der Waals surface area contributed by atoms with E-state index in [2.05, 4.69) is 45.3 Å². The maximum atomic E-state index is 11.6. The van der Waals surface area contributed by atoms with Crippen molar-refractivity contribution in [2.75, 3.05) is 30.6 Å². The smallest absolute Gasteiger partial charge is 0.229 e. The summed E-state index contributed by atoms with van der Waals surface area (Å²) < 4.78 is 25.8. The minimum Gasteiger partial charge on any atom is -0.356 e. The van der Waals surface area contributed by atoms with Crippen LogP contribution in [0.15, 0.2) is 65.7 Å². The van der Waals surface area contributed by atoms with Gasteiger partial charge in [-0.1, -0.05) is 54.6 Å². The van der Waals surface area contributed by atoms with E-state index in [-0.39, 0.29) is 0 Å². The largest absolute Gasteiger partial charge is 0.356 e. The number of para-hydroxylation sites is 1. The molecule has 7 heteroatoms. The van der Waals surface area contributed by atoms with Crippen LogP contribution in [0.5, 0.6) is 0 Å². The zero-order valence-electron chi connectivity index (χ0n) is 16.9. The summed E-state index contributed by atoms with van der Waals surface area (Å²) in [6.45, 7) is 4.89. The molecule has 0 spiro atoms. The zero-order chi connectivity index (χ0) is 20.7. The van der Waals surface area contributed by atoms with Gasteiger partial charge >= 0.3 is 0 Å². The summed E-state index contributed by atoms with van der Waals surface area (Å²) in [6, 6.07) is 17.8. The number of nitrogens with one attached hydrogen (secondary N) is 2. The predicted octanol–water partition coefficient (Wildman–Crippen LogP) is 3.31. The normalized spacial score (nSPS) is 15.0. The Morgan fingerprint density at radius 1 is 1.10 bits per heavy atom. The Morgan fingerprint density at radius 3 is 2.48 bits per heavy atom. The molecule has 0 radical (unpaired) electrons. The average Bonchev–Trinajstić information content (AvgIpc) is 2.72. The molecule has 1 heterocycles. The summed E-state index contributed by atoms with van der Waals surface area (Å²) in [5, 5.41) is 3.35. The monoisotopic (exact) mass is 412 g/mol. The van der Waals surface area contributed by atoms with E-state index < -0.39 is 10.0 Å². The van der Waals surface area contributed by atoms with Gasteiger partial charge in [-0.2, -0.15) is 0 Å².